The molecule has 1 aliphatic rings. The predicted molar refractivity (Wildman–Crippen MR) is 49.7 cm³/mol. The van der Waals surface area contributed by atoms with Crippen LogP contribution in [-0.2, 0) is 9.53 Å². The van der Waals surface area contributed by atoms with Gasteiger partial charge in [-0.1, -0.05) is 12.8 Å². The Morgan fingerprint density at radius 1 is 1.54 bits per heavy atom. The third-order valence-electron chi connectivity index (χ3n) is 2.75. The molecule has 13 heavy (non-hydrogen) atoms. The Labute approximate surface area is 78.8 Å². The maximum atomic E-state index is 11.0. The van der Waals surface area contributed by atoms with Crippen LogP contribution in [-0.4, -0.2) is 19.1 Å². The molecule has 0 unspecified atom stereocenters. The summed E-state index contributed by atoms with van der Waals surface area (Å²) in [5.74, 6) is 5.30. The van der Waals surface area contributed by atoms with Crippen LogP contribution in [0.15, 0.2) is 0 Å². The summed E-state index contributed by atoms with van der Waals surface area (Å²) in [7, 11) is 1.71. The van der Waals surface area contributed by atoms with E-state index in [4.69, 9.17) is 10.6 Å². The van der Waals surface area contributed by atoms with Crippen LogP contribution in [0.3, 0.4) is 0 Å². The van der Waals surface area contributed by atoms with Gasteiger partial charge in [0.15, 0.2) is 0 Å². The average Bonchev–Trinajstić information content (AvgIpc) is 2.18. The summed E-state index contributed by atoms with van der Waals surface area (Å²) >= 11 is 0. The van der Waals surface area contributed by atoms with E-state index in [1.807, 2.05) is 0 Å². The standard InChI is InChI=1S/C9H18N2O2/c1-13-8-5-3-2-4-7(8)6-9(12)11-10/h7-8H,2-6,10H2,1H3,(H,11,12)/t7-,8+/m1/s1. The van der Waals surface area contributed by atoms with E-state index in [0.29, 0.717) is 12.3 Å². The SMILES string of the molecule is CO[C@H]1CCCC[C@@H]1CC(=O)NN. The fourth-order valence-corrected chi connectivity index (χ4v) is 2.01. The molecule has 0 aromatic rings. The molecule has 1 amide bonds. The van der Waals surface area contributed by atoms with Gasteiger partial charge in [-0.05, 0) is 18.8 Å². The Kier molecular flexibility index (Phi) is 4.18. The fourth-order valence-electron chi connectivity index (χ4n) is 2.01. The lowest BCUT2D eigenvalue weighted by molar-refractivity contribution is -0.123. The molecule has 0 aromatic heterocycles. The molecule has 4 heteroatoms. The van der Waals surface area contributed by atoms with Crippen LogP contribution in [0.2, 0.25) is 0 Å². The smallest absolute Gasteiger partial charge is 0.234 e. The van der Waals surface area contributed by atoms with Gasteiger partial charge in [-0.2, -0.15) is 0 Å². The first-order valence-corrected chi connectivity index (χ1v) is 4.80. The number of ether oxygens (including phenoxy) is 1. The van der Waals surface area contributed by atoms with E-state index < -0.39 is 0 Å². The monoisotopic (exact) mass is 186 g/mol. The zero-order valence-corrected chi connectivity index (χ0v) is 8.08. The molecule has 4 nitrogen and oxygen atoms in total. The fraction of sp³-hybridized carbons (Fsp3) is 0.889. The van der Waals surface area contributed by atoms with Crippen molar-refractivity contribution in [1.29, 1.82) is 0 Å². The molecule has 3 N–H and O–H groups in total. The Morgan fingerprint density at radius 2 is 2.23 bits per heavy atom. The van der Waals surface area contributed by atoms with Gasteiger partial charge in [0, 0.05) is 13.5 Å². The van der Waals surface area contributed by atoms with Crippen LogP contribution in [0.5, 0.6) is 0 Å². The number of hydrogen-bond donors (Lipinski definition) is 2. The number of carbonyl (C=O) groups excluding carboxylic acids is 1. The van der Waals surface area contributed by atoms with E-state index in [0.717, 1.165) is 12.8 Å². The van der Waals surface area contributed by atoms with Crippen molar-refractivity contribution in [3.05, 3.63) is 0 Å². The van der Waals surface area contributed by atoms with Crippen molar-refractivity contribution in [2.24, 2.45) is 11.8 Å². The quantitative estimate of drug-likeness (QED) is 0.385. The Balaban J connectivity index is 2.40. The number of hydrazine groups is 1. The molecule has 1 aliphatic carbocycles. The van der Waals surface area contributed by atoms with E-state index in [-0.39, 0.29) is 12.0 Å². The number of nitrogens with one attached hydrogen (secondary N) is 1. The van der Waals surface area contributed by atoms with E-state index in [2.05, 4.69) is 5.43 Å². The summed E-state index contributed by atoms with van der Waals surface area (Å²) in [6.45, 7) is 0. The summed E-state index contributed by atoms with van der Waals surface area (Å²) in [5, 5.41) is 0. The van der Waals surface area contributed by atoms with Gasteiger partial charge >= 0.3 is 0 Å². The highest BCUT2D eigenvalue weighted by atomic mass is 16.5. The molecule has 0 spiro atoms. The second kappa shape index (κ2) is 5.19. The molecule has 1 fully saturated rings. The second-order valence-electron chi connectivity index (χ2n) is 3.59. The molecule has 2 atom stereocenters. The van der Waals surface area contributed by atoms with E-state index >= 15 is 0 Å². The van der Waals surface area contributed by atoms with Gasteiger partial charge in [-0.25, -0.2) is 5.84 Å². The second-order valence-corrected chi connectivity index (χ2v) is 3.59. The Hall–Kier alpha value is -0.610. The first-order chi connectivity index (χ1) is 6.27. The predicted octanol–water partition coefficient (Wildman–Crippen LogP) is 0.572. The highest BCUT2D eigenvalue weighted by Gasteiger charge is 2.26. The first-order valence-electron chi connectivity index (χ1n) is 4.80. The van der Waals surface area contributed by atoms with Gasteiger partial charge in [0.2, 0.25) is 5.91 Å². The largest absolute Gasteiger partial charge is 0.381 e. The third kappa shape index (κ3) is 2.97. The summed E-state index contributed by atoms with van der Waals surface area (Å²) in [5.41, 5.74) is 2.16. The summed E-state index contributed by atoms with van der Waals surface area (Å²) < 4.78 is 5.33. The maximum absolute atomic E-state index is 11.0. The summed E-state index contributed by atoms with van der Waals surface area (Å²) in [6, 6.07) is 0. The average molecular weight is 186 g/mol. The number of methoxy groups -OCH3 is 1. The minimum Gasteiger partial charge on any atom is -0.381 e. The lowest BCUT2D eigenvalue weighted by Crippen LogP contribution is -2.36. The van der Waals surface area contributed by atoms with Crippen molar-refractivity contribution in [1.82, 2.24) is 5.43 Å². The van der Waals surface area contributed by atoms with Crippen molar-refractivity contribution < 1.29 is 9.53 Å². The molecule has 1 rings (SSSR count). The Morgan fingerprint density at radius 3 is 2.85 bits per heavy atom. The van der Waals surface area contributed by atoms with Crippen LogP contribution >= 0.6 is 0 Å². The van der Waals surface area contributed by atoms with Crippen molar-refractivity contribution >= 4 is 5.91 Å². The molecule has 0 bridgehead atoms. The number of hydrogen-bond acceptors (Lipinski definition) is 3. The minimum atomic E-state index is -0.0889. The number of carbonyl (C=O) groups is 1. The Bertz CT molecular complexity index is 173. The molecule has 0 aliphatic heterocycles. The van der Waals surface area contributed by atoms with E-state index in [9.17, 15) is 4.79 Å². The molecule has 0 radical (unpaired) electrons. The zero-order valence-electron chi connectivity index (χ0n) is 8.08. The van der Waals surface area contributed by atoms with Gasteiger partial charge in [-0.15, -0.1) is 0 Å². The molecule has 0 aromatic carbocycles. The summed E-state index contributed by atoms with van der Waals surface area (Å²) in [6.07, 6.45) is 5.28. The van der Waals surface area contributed by atoms with Crippen LogP contribution in [0.4, 0.5) is 0 Å². The number of nitrogens with two attached hydrogens (primary N) is 1. The first kappa shape index (κ1) is 10.5. The topological polar surface area (TPSA) is 64.3 Å². The van der Waals surface area contributed by atoms with E-state index in [1.165, 1.54) is 12.8 Å². The third-order valence-corrected chi connectivity index (χ3v) is 2.75. The maximum Gasteiger partial charge on any atom is 0.234 e. The molecule has 76 valence electrons. The van der Waals surface area contributed by atoms with Crippen molar-refractivity contribution in [2.75, 3.05) is 7.11 Å². The van der Waals surface area contributed by atoms with Crippen molar-refractivity contribution in [2.45, 2.75) is 38.2 Å². The normalized spacial score (nSPS) is 28.5. The van der Waals surface area contributed by atoms with Crippen molar-refractivity contribution in [3.8, 4) is 0 Å². The molecule has 0 saturated heterocycles. The van der Waals surface area contributed by atoms with Gasteiger partial charge in [0.1, 0.15) is 0 Å². The van der Waals surface area contributed by atoms with Crippen LogP contribution in [0.1, 0.15) is 32.1 Å². The van der Waals surface area contributed by atoms with Crippen LogP contribution < -0.4 is 11.3 Å². The number of amides is 1. The van der Waals surface area contributed by atoms with Gasteiger partial charge in [-0.3, -0.25) is 10.2 Å². The van der Waals surface area contributed by atoms with Crippen LogP contribution in [0.25, 0.3) is 0 Å². The lowest BCUT2D eigenvalue weighted by atomic mass is 9.84. The zero-order chi connectivity index (χ0) is 9.68. The number of rotatable bonds is 3. The van der Waals surface area contributed by atoms with E-state index in [1.54, 1.807) is 7.11 Å². The minimum absolute atomic E-state index is 0.0889. The highest BCUT2D eigenvalue weighted by Crippen LogP contribution is 2.28. The highest BCUT2D eigenvalue weighted by molar-refractivity contribution is 5.75. The van der Waals surface area contributed by atoms with Crippen LogP contribution in [0, 0.1) is 5.92 Å². The van der Waals surface area contributed by atoms with Gasteiger partial charge in [0.25, 0.3) is 0 Å². The lowest BCUT2D eigenvalue weighted by Gasteiger charge is -2.29. The molecule has 0 heterocycles. The molecular weight excluding hydrogens is 168 g/mol. The molecule has 1 saturated carbocycles. The molecular formula is C9H18N2O2. The van der Waals surface area contributed by atoms with Gasteiger partial charge in [0.05, 0.1) is 6.10 Å². The van der Waals surface area contributed by atoms with Gasteiger partial charge < -0.3 is 4.74 Å². The summed E-state index contributed by atoms with van der Waals surface area (Å²) in [4.78, 5) is 11.0. The van der Waals surface area contributed by atoms with Crippen molar-refractivity contribution in [3.63, 3.8) is 0 Å².